The maximum absolute atomic E-state index is 11.9. The molecular formula is C10H13ClN3O14P3. The Morgan fingerprint density at radius 2 is 1.84 bits per heavy atom. The zero-order valence-electron chi connectivity index (χ0n) is 14.6. The van der Waals surface area contributed by atoms with Gasteiger partial charge < -0.3 is 29.4 Å². The number of ether oxygens (including phenoxy) is 1. The minimum absolute atomic E-state index is 0.701. The number of aromatic amines is 1. The fourth-order valence-electron chi connectivity index (χ4n) is 2.33. The van der Waals surface area contributed by atoms with E-state index in [1.54, 1.807) is 0 Å². The molecule has 0 saturated carbocycles. The third-order valence-corrected chi connectivity index (χ3v) is 7.79. The summed E-state index contributed by atoms with van der Waals surface area (Å²) in [7, 11) is -17.1. The highest BCUT2D eigenvalue weighted by Gasteiger charge is 2.57. The lowest BCUT2D eigenvalue weighted by atomic mass is 9.99. The SMILES string of the molecule is N#C[C@]1(COP(=O)(O)OP(=O)(O)OP(=O)(O)O)OC(n2ccc(=O)[nH]c2=O)[C@H](Cl)[C@@H]1O. The topological polar surface area (TPSA) is 268 Å². The molecule has 0 aliphatic carbocycles. The van der Waals surface area contributed by atoms with Crippen LogP contribution in [-0.2, 0) is 31.6 Å². The number of phosphoric acid groups is 3. The maximum Gasteiger partial charge on any atom is 0.490 e. The highest BCUT2D eigenvalue weighted by Crippen LogP contribution is 2.66. The van der Waals surface area contributed by atoms with Crippen LogP contribution in [0, 0.1) is 11.3 Å². The number of hydrogen-bond donors (Lipinski definition) is 6. The smallest absolute Gasteiger partial charge is 0.387 e. The summed E-state index contributed by atoms with van der Waals surface area (Å²) in [6, 6.07) is 2.32. The van der Waals surface area contributed by atoms with Crippen molar-refractivity contribution in [1.29, 1.82) is 5.26 Å². The quantitative estimate of drug-likeness (QED) is 0.168. The zero-order valence-corrected chi connectivity index (χ0v) is 18.1. The van der Waals surface area contributed by atoms with E-state index in [1.165, 1.54) is 6.07 Å². The number of halogens is 1. The second-order valence-corrected chi connectivity index (χ2v) is 10.7. The van der Waals surface area contributed by atoms with Crippen LogP contribution in [0.5, 0.6) is 0 Å². The Balaban J connectivity index is 2.22. The molecule has 2 heterocycles. The number of aliphatic hydroxyl groups excluding tert-OH is 1. The largest absolute Gasteiger partial charge is 0.490 e. The van der Waals surface area contributed by atoms with Gasteiger partial charge in [-0.15, -0.1) is 11.6 Å². The van der Waals surface area contributed by atoms with E-state index in [-0.39, 0.29) is 0 Å². The number of phosphoric ester groups is 1. The van der Waals surface area contributed by atoms with E-state index in [1.807, 2.05) is 4.98 Å². The third kappa shape index (κ3) is 6.41. The van der Waals surface area contributed by atoms with Crippen LogP contribution in [0.2, 0.25) is 0 Å². The van der Waals surface area contributed by atoms with E-state index >= 15 is 0 Å². The number of aliphatic hydroxyl groups is 1. The molecule has 31 heavy (non-hydrogen) atoms. The lowest BCUT2D eigenvalue weighted by molar-refractivity contribution is -0.0907. The zero-order chi connectivity index (χ0) is 23.8. The summed E-state index contributed by atoms with van der Waals surface area (Å²) >= 11 is 5.98. The van der Waals surface area contributed by atoms with Crippen molar-refractivity contribution < 1.29 is 56.3 Å². The Morgan fingerprint density at radius 3 is 2.35 bits per heavy atom. The van der Waals surface area contributed by atoms with Crippen molar-refractivity contribution in [2.75, 3.05) is 6.61 Å². The molecule has 6 atom stereocenters. The minimum atomic E-state index is -5.82. The molecule has 1 saturated heterocycles. The molecule has 0 spiro atoms. The molecule has 1 aliphatic rings. The number of nitrogens with one attached hydrogen (secondary N) is 1. The van der Waals surface area contributed by atoms with E-state index in [4.69, 9.17) is 31.0 Å². The van der Waals surface area contributed by atoms with Crippen LogP contribution in [0.1, 0.15) is 6.23 Å². The lowest BCUT2D eigenvalue weighted by Crippen LogP contribution is -2.44. The van der Waals surface area contributed by atoms with Crippen molar-refractivity contribution in [3.8, 4) is 6.07 Å². The van der Waals surface area contributed by atoms with Crippen molar-refractivity contribution in [2.24, 2.45) is 0 Å². The average molecular weight is 528 g/mol. The Hall–Kier alpha value is -1.21. The summed E-state index contributed by atoms with van der Waals surface area (Å²) in [5, 5.41) is 18.1. The van der Waals surface area contributed by atoms with Crippen LogP contribution in [0.4, 0.5) is 0 Å². The number of nitriles is 1. The van der Waals surface area contributed by atoms with Crippen molar-refractivity contribution in [2.45, 2.75) is 23.3 Å². The first-order valence-corrected chi connectivity index (χ1v) is 12.5. The summed E-state index contributed by atoms with van der Waals surface area (Å²) < 4.78 is 51.1. The fraction of sp³-hybridized carbons (Fsp3) is 0.500. The van der Waals surface area contributed by atoms with Crippen LogP contribution in [0.15, 0.2) is 21.9 Å². The Labute approximate surface area is 175 Å². The predicted molar refractivity (Wildman–Crippen MR) is 95.3 cm³/mol. The Bertz CT molecular complexity index is 1140. The molecule has 0 aromatic carbocycles. The van der Waals surface area contributed by atoms with Gasteiger partial charge in [-0.2, -0.15) is 13.9 Å². The summed E-state index contributed by atoms with van der Waals surface area (Å²) in [6.45, 7) is -1.34. The number of aromatic nitrogens is 2. The summed E-state index contributed by atoms with van der Waals surface area (Å²) in [6.07, 6.45) is -2.62. The summed E-state index contributed by atoms with van der Waals surface area (Å²) in [4.78, 5) is 60.5. The highest BCUT2D eigenvalue weighted by molar-refractivity contribution is 7.66. The van der Waals surface area contributed by atoms with Gasteiger partial charge in [0.25, 0.3) is 5.56 Å². The maximum atomic E-state index is 11.9. The standard InChI is InChI=1S/C10H13ClN3O14P3/c11-6-7(16)10(3-12,26-8(6)14-2-1-5(15)13-9(14)17)4-25-30(21,22)28-31(23,24)27-29(18,19)20/h1-2,6-8,16H,4H2,(H,21,22)(H,23,24)(H,13,15,17)(H2,18,19,20)/t6-,7+,8?,10-/m1/s1. The van der Waals surface area contributed by atoms with E-state index in [9.17, 15) is 38.5 Å². The normalized spacial score (nSPS) is 30.3. The number of nitrogens with zero attached hydrogens (tertiary/aromatic N) is 2. The molecule has 1 fully saturated rings. The van der Waals surface area contributed by atoms with Gasteiger partial charge in [0, 0.05) is 12.3 Å². The van der Waals surface area contributed by atoms with Crippen molar-refractivity contribution in [3.63, 3.8) is 0 Å². The number of alkyl halides is 1. The van der Waals surface area contributed by atoms with Crippen LogP contribution >= 0.6 is 35.1 Å². The molecule has 1 aromatic rings. The van der Waals surface area contributed by atoms with Gasteiger partial charge in [0.1, 0.15) is 24.2 Å². The van der Waals surface area contributed by atoms with E-state index in [2.05, 4.69) is 13.1 Å². The molecule has 0 radical (unpaired) electrons. The summed E-state index contributed by atoms with van der Waals surface area (Å²) in [5.74, 6) is 0. The van der Waals surface area contributed by atoms with Gasteiger partial charge in [-0.3, -0.25) is 18.9 Å². The van der Waals surface area contributed by atoms with Crippen LogP contribution in [-0.4, -0.2) is 57.9 Å². The average Bonchev–Trinajstić information content (AvgIpc) is 2.82. The molecule has 21 heteroatoms. The van der Waals surface area contributed by atoms with Gasteiger partial charge >= 0.3 is 29.2 Å². The first-order chi connectivity index (χ1) is 14.0. The molecule has 1 aliphatic heterocycles. The molecule has 1 aromatic heterocycles. The van der Waals surface area contributed by atoms with Gasteiger partial charge in [-0.05, 0) is 0 Å². The van der Waals surface area contributed by atoms with Crippen molar-refractivity contribution >= 4 is 35.1 Å². The van der Waals surface area contributed by atoms with Gasteiger partial charge in [-0.1, -0.05) is 0 Å². The van der Waals surface area contributed by atoms with Gasteiger partial charge in [0.2, 0.25) is 5.60 Å². The molecule has 0 bridgehead atoms. The molecule has 2 rings (SSSR count). The molecular weight excluding hydrogens is 514 g/mol. The summed E-state index contributed by atoms with van der Waals surface area (Å²) in [5.41, 5.74) is -4.33. The Kier molecular flexibility index (Phi) is 7.54. The van der Waals surface area contributed by atoms with Crippen molar-refractivity contribution in [1.82, 2.24) is 9.55 Å². The minimum Gasteiger partial charge on any atom is -0.387 e. The van der Waals surface area contributed by atoms with Crippen LogP contribution in [0.3, 0.4) is 0 Å². The van der Waals surface area contributed by atoms with Gasteiger partial charge in [0.15, 0.2) is 6.23 Å². The molecule has 17 nitrogen and oxygen atoms in total. The predicted octanol–water partition coefficient (Wildman–Crippen LogP) is -1.36. The molecule has 0 amide bonds. The van der Waals surface area contributed by atoms with Crippen LogP contribution in [0.25, 0.3) is 0 Å². The van der Waals surface area contributed by atoms with E-state index in [0.717, 1.165) is 12.3 Å². The highest BCUT2D eigenvalue weighted by atomic mass is 35.5. The number of rotatable bonds is 8. The molecule has 3 unspecified atom stereocenters. The molecule has 174 valence electrons. The number of H-pyrrole nitrogens is 1. The first kappa shape index (κ1) is 26.0. The first-order valence-electron chi connectivity index (χ1n) is 7.52. The van der Waals surface area contributed by atoms with E-state index in [0.29, 0.717) is 4.57 Å². The third-order valence-electron chi connectivity index (χ3n) is 3.56. The monoisotopic (exact) mass is 527 g/mol. The van der Waals surface area contributed by atoms with Gasteiger partial charge in [0.05, 0.1) is 0 Å². The van der Waals surface area contributed by atoms with Gasteiger partial charge in [-0.25, -0.2) is 18.5 Å². The molecule has 6 N–H and O–H groups in total. The fourth-order valence-corrected chi connectivity index (χ4v) is 5.75. The number of hydrogen-bond acceptors (Lipinski definition) is 11. The van der Waals surface area contributed by atoms with Crippen molar-refractivity contribution in [3.05, 3.63) is 33.1 Å². The second-order valence-electron chi connectivity index (χ2n) is 5.78. The Morgan fingerprint density at radius 1 is 1.23 bits per heavy atom. The van der Waals surface area contributed by atoms with Crippen LogP contribution < -0.4 is 11.2 Å². The second kappa shape index (κ2) is 8.97. The van der Waals surface area contributed by atoms with E-state index < -0.39 is 64.6 Å². The lowest BCUT2D eigenvalue weighted by Gasteiger charge is -2.25.